The zero-order chi connectivity index (χ0) is 27.3. The summed E-state index contributed by atoms with van der Waals surface area (Å²) in [5.41, 5.74) is 1.45. The maximum absolute atomic E-state index is 13.8. The van der Waals surface area contributed by atoms with Crippen LogP contribution in [-0.2, 0) is 10.2 Å². The lowest BCUT2D eigenvalue weighted by Crippen LogP contribution is -2.47. The fraction of sp³-hybridized carbons (Fsp3) is 0.357. The Bertz CT molecular complexity index is 1360. The van der Waals surface area contributed by atoms with Gasteiger partial charge >= 0.3 is 6.03 Å². The third kappa shape index (κ3) is 6.36. The van der Waals surface area contributed by atoms with E-state index < -0.39 is 35.0 Å². The maximum atomic E-state index is 13.8. The van der Waals surface area contributed by atoms with Gasteiger partial charge < -0.3 is 20.9 Å². The third-order valence-electron chi connectivity index (χ3n) is 7.21. The summed E-state index contributed by atoms with van der Waals surface area (Å²) in [6.07, 6.45) is 1.88. The molecule has 3 N–H and O–H groups in total. The topological polar surface area (TPSA) is 121 Å². The molecule has 2 aromatic rings. The highest BCUT2D eigenvalue weighted by Gasteiger charge is 2.38. The molecule has 0 bridgehead atoms. The molecule has 4 rings (SSSR count). The summed E-state index contributed by atoms with van der Waals surface area (Å²) in [5.74, 6) is -2.49. The van der Waals surface area contributed by atoms with Crippen LogP contribution in [0.3, 0.4) is 0 Å². The van der Waals surface area contributed by atoms with E-state index in [4.69, 9.17) is 0 Å². The second-order valence-corrected chi connectivity index (χ2v) is 9.55. The Labute approximate surface area is 232 Å². The summed E-state index contributed by atoms with van der Waals surface area (Å²) in [7, 11) is 0. The van der Waals surface area contributed by atoms with Crippen molar-refractivity contribution in [1.29, 1.82) is 10.5 Å². The number of hydrogen-bond donors (Lipinski definition) is 3. The number of nitrogens with zero attached hydrogens (tertiary/aromatic N) is 3. The fourth-order valence-electron chi connectivity index (χ4n) is 5.13. The molecule has 11 heteroatoms. The number of urea groups is 1. The first kappa shape index (κ1) is 29.6. The van der Waals surface area contributed by atoms with E-state index in [9.17, 15) is 28.9 Å². The number of carbonyl (C=O) groups is 2. The predicted molar refractivity (Wildman–Crippen MR) is 142 cm³/mol. The van der Waals surface area contributed by atoms with E-state index in [0.717, 1.165) is 17.7 Å². The molecule has 1 atom stereocenters. The molecular formula is C28H29ClF2N6O2. The molecule has 39 heavy (non-hydrogen) atoms. The van der Waals surface area contributed by atoms with E-state index in [1.165, 1.54) is 6.07 Å². The lowest BCUT2D eigenvalue weighted by atomic mass is 9.72. The van der Waals surface area contributed by atoms with Crippen LogP contribution in [0.15, 0.2) is 53.7 Å². The van der Waals surface area contributed by atoms with Crippen LogP contribution in [-0.4, -0.2) is 43.0 Å². The average Bonchev–Trinajstić information content (AvgIpc) is 2.92. The first-order valence-electron chi connectivity index (χ1n) is 12.4. The largest absolute Gasteiger partial charge is 0.352 e. The normalized spacial score (nSPS) is 18.6. The number of amides is 3. The van der Waals surface area contributed by atoms with Crippen molar-refractivity contribution < 1.29 is 18.4 Å². The lowest BCUT2D eigenvalue weighted by Gasteiger charge is -2.38. The van der Waals surface area contributed by atoms with E-state index in [2.05, 4.69) is 33.0 Å². The van der Waals surface area contributed by atoms with Gasteiger partial charge in [-0.1, -0.05) is 24.3 Å². The molecule has 0 aliphatic carbocycles. The number of nitriles is 2. The molecule has 2 aliphatic rings. The molecule has 8 nitrogen and oxygen atoms in total. The molecule has 2 aliphatic heterocycles. The number of benzene rings is 2. The van der Waals surface area contributed by atoms with Gasteiger partial charge in [0.15, 0.2) is 11.6 Å². The summed E-state index contributed by atoms with van der Waals surface area (Å²) in [6.45, 7) is 4.05. The highest BCUT2D eigenvalue weighted by Crippen LogP contribution is 2.36. The van der Waals surface area contributed by atoms with Crippen LogP contribution in [0.1, 0.15) is 48.9 Å². The molecule has 3 amide bonds. The van der Waals surface area contributed by atoms with Gasteiger partial charge in [0.2, 0.25) is 0 Å². The first-order valence-corrected chi connectivity index (χ1v) is 12.4. The zero-order valence-electron chi connectivity index (χ0n) is 21.4. The molecule has 1 fully saturated rings. The Morgan fingerprint density at radius 3 is 2.54 bits per heavy atom. The van der Waals surface area contributed by atoms with Crippen molar-refractivity contribution in [3.8, 4) is 12.1 Å². The Morgan fingerprint density at radius 2 is 1.87 bits per heavy atom. The van der Waals surface area contributed by atoms with Crippen molar-refractivity contribution in [3.05, 3.63) is 82.1 Å². The van der Waals surface area contributed by atoms with Gasteiger partial charge in [0.25, 0.3) is 5.91 Å². The van der Waals surface area contributed by atoms with Crippen molar-refractivity contribution in [2.24, 2.45) is 0 Å². The number of halogens is 3. The highest BCUT2D eigenvalue weighted by atomic mass is 35.5. The van der Waals surface area contributed by atoms with E-state index >= 15 is 0 Å². The molecule has 204 valence electrons. The Morgan fingerprint density at radius 1 is 1.15 bits per heavy atom. The summed E-state index contributed by atoms with van der Waals surface area (Å²) < 4.78 is 27.2. The third-order valence-corrected chi connectivity index (χ3v) is 7.21. The number of carbonyl (C=O) groups excluding carboxylic acids is 2. The molecule has 2 heterocycles. The van der Waals surface area contributed by atoms with Gasteiger partial charge in [0.05, 0.1) is 34.7 Å². The monoisotopic (exact) mass is 554 g/mol. The first-order chi connectivity index (χ1) is 18.3. The summed E-state index contributed by atoms with van der Waals surface area (Å²) in [6, 6.07) is 13.7. The Balaban J connectivity index is 0.00000420. The minimum atomic E-state index is -1.06. The molecular weight excluding hydrogens is 526 g/mol. The second-order valence-electron chi connectivity index (χ2n) is 9.55. The average molecular weight is 555 g/mol. The molecule has 0 radical (unpaired) electrons. The van der Waals surface area contributed by atoms with Crippen LogP contribution < -0.4 is 16.0 Å². The van der Waals surface area contributed by atoms with Crippen molar-refractivity contribution >= 4 is 24.3 Å². The molecule has 1 saturated heterocycles. The van der Waals surface area contributed by atoms with Crippen molar-refractivity contribution in [3.63, 3.8) is 0 Å². The number of nitrogens with one attached hydrogen (secondary N) is 3. The van der Waals surface area contributed by atoms with Gasteiger partial charge in [-0.3, -0.25) is 4.79 Å². The van der Waals surface area contributed by atoms with Gasteiger partial charge in [-0.15, -0.1) is 12.4 Å². The standard InChI is InChI=1S/C28H28F2N6O2.ClH/c1-18-24(25(35-27(38)34-18)19-7-8-22(29)23(30)15-19)26(37)33-11-4-12-36-13-9-28(17-32,10-14-36)21-6-3-2-5-20(21)16-31;/h2-3,5-8,15,25H,4,9-14H2,1H3,(H,33,37)(H2,34,35,38);1H. The van der Waals surface area contributed by atoms with Crippen LogP contribution >= 0.6 is 12.4 Å². The van der Waals surface area contributed by atoms with Crippen molar-refractivity contribution in [2.75, 3.05) is 26.2 Å². The number of rotatable bonds is 7. The summed E-state index contributed by atoms with van der Waals surface area (Å²) >= 11 is 0. The molecule has 2 aromatic carbocycles. The number of hydrogen-bond acceptors (Lipinski definition) is 5. The van der Waals surface area contributed by atoms with Gasteiger partial charge in [-0.05, 0) is 75.1 Å². The van der Waals surface area contributed by atoms with Crippen LogP contribution in [0.4, 0.5) is 13.6 Å². The van der Waals surface area contributed by atoms with Gasteiger partial charge in [0, 0.05) is 12.2 Å². The van der Waals surface area contributed by atoms with Gasteiger partial charge in [-0.2, -0.15) is 10.5 Å². The maximum Gasteiger partial charge on any atom is 0.319 e. The summed E-state index contributed by atoms with van der Waals surface area (Å²) in [4.78, 5) is 27.3. The van der Waals surface area contributed by atoms with Crippen LogP contribution in [0.2, 0.25) is 0 Å². The second kappa shape index (κ2) is 12.7. The quantitative estimate of drug-likeness (QED) is 0.448. The van der Waals surface area contributed by atoms with E-state index in [0.29, 0.717) is 56.7 Å². The molecule has 0 saturated carbocycles. The van der Waals surface area contributed by atoms with Crippen LogP contribution in [0, 0.1) is 34.3 Å². The Kier molecular flexibility index (Phi) is 9.63. The van der Waals surface area contributed by atoms with Crippen LogP contribution in [0.25, 0.3) is 0 Å². The molecule has 1 unspecified atom stereocenters. The minimum absolute atomic E-state index is 0. The van der Waals surface area contributed by atoms with E-state index in [-0.39, 0.29) is 23.5 Å². The minimum Gasteiger partial charge on any atom is -0.352 e. The number of allylic oxidation sites excluding steroid dienone is 1. The zero-order valence-corrected chi connectivity index (χ0v) is 22.2. The van der Waals surface area contributed by atoms with E-state index in [1.807, 2.05) is 12.1 Å². The van der Waals surface area contributed by atoms with Gasteiger partial charge in [-0.25, -0.2) is 13.6 Å². The van der Waals surface area contributed by atoms with Gasteiger partial charge in [0.1, 0.15) is 0 Å². The highest BCUT2D eigenvalue weighted by molar-refractivity contribution is 5.98. The smallest absolute Gasteiger partial charge is 0.319 e. The van der Waals surface area contributed by atoms with Crippen molar-refractivity contribution in [2.45, 2.75) is 37.6 Å². The summed E-state index contributed by atoms with van der Waals surface area (Å²) in [5, 5.41) is 27.5. The number of likely N-dealkylation sites (tertiary alicyclic amines) is 1. The fourth-order valence-corrected chi connectivity index (χ4v) is 5.13. The van der Waals surface area contributed by atoms with Crippen molar-refractivity contribution in [1.82, 2.24) is 20.9 Å². The number of piperidine rings is 1. The lowest BCUT2D eigenvalue weighted by molar-refractivity contribution is -0.118. The molecule has 0 aromatic heterocycles. The van der Waals surface area contributed by atoms with Crippen LogP contribution in [0.5, 0.6) is 0 Å². The predicted octanol–water partition coefficient (Wildman–Crippen LogP) is 3.95. The Hall–Kier alpha value is -3.99. The molecule has 0 spiro atoms. The SMILES string of the molecule is CC1=C(C(=O)NCCCN2CCC(C#N)(c3ccccc3C#N)CC2)C(c2ccc(F)c(F)c2)NC(=O)N1.Cl. The van der Waals surface area contributed by atoms with E-state index in [1.54, 1.807) is 19.1 Å².